The van der Waals surface area contributed by atoms with Gasteiger partial charge in [0.15, 0.2) is 0 Å². The van der Waals surface area contributed by atoms with Crippen molar-refractivity contribution in [2.24, 2.45) is 5.41 Å². The molecule has 25 heavy (non-hydrogen) atoms. The van der Waals surface area contributed by atoms with Crippen molar-refractivity contribution < 1.29 is 14.7 Å². The van der Waals surface area contributed by atoms with Gasteiger partial charge in [-0.15, -0.1) is 0 Å². The first-order valence-corrected chi connectivity index (χ1v) is 8.92. The highest BCUT2D eigenvalue weighted by molar-refractivity contribution is 6.35. The van der Waals surface area contributed by atoms with E-state index in [0.29, 0.717) is 36.6 Å². The van der Waals surface area contributed by atoms with Crippen LogP contribution in [0.1, 0.15) is 29.8 Å². The van der Waals surface area contributed by atoms with Gasteiger partial charge in [-0.2, -0.15) is 0 Å². The van der Waals surface area contributed by atoms with Crippen molar-refractivity contribution in [1.29, 1.82) is 0 Å². The number of likely N-dealkylation sites (tertiary alicyclic amines) is 1. The zero-order chi connectivity index (χ0) is 17.6. The molecule has 132 valence electrons. The first-order chi connectivity index (χ1) is 12.0. The third kappa shape index (κ3) is 2.60. The number of aliphatic hydroxyl groups excluding tert-OH is 1. The highest BCUT2D eigenvalue weighted by Gasteiger charge is 2.50. The molecule has 0 bridgehead atoms. The SMILES string of the molecule is O=C(c1cc2c(Cl)cccc2[nH]1)N1CC[C@H](O)[C@@]2(CCCNC2=O)C1. The molecule has 2 fully saturated rings. The number of nitrogens with zero attached hydrogens (tertiary/aromatic N) is 1. The van der Waals surface area contributed by atoms with Gasteiger partial charge in [0, 0.05) is 35.6 Å². The molecular formula is C18H20ClN3O3. The molecule has 1 spiro atoms. The summed E-state index contributed by atoms with van der Waals surface area (Å²) in [5, 5.41) is 14.7. The number of rotatable bonds is 1. The van der Waals surface area contributed by atoms with E-state index < -0.39 is 11.5 Å². The number of halogens is 1. The summed E-state index contributed by atoms with van der Waals surface area (Å²) in [5.41, 5.74) is 0.361. The Morgan fingerprint density at radius 2 is 2.24 bits per heavy atom. The number of amides is 2. The monoisotopic (exact) mass is 361 g/mol. The number of fused-ring (bicyclic) bond motifs is 1. The third-order valence-corrected chi connectivity index (χ3v) is 5.78. The van der Waals surface area contributed by atoms with Gasteiger partial charge in [0.25, 0.3) is 5.91 Å². The Morgan fingerprint density at radius 1 is 1.40 bits per heavy atom. The van der Waals surface area contributed by atoms with Gasteiger partial charge in [0.1, 0.15) is 5.69 Å². The first-order valence-electron chi connectivity index (χ1n) is 8.54. The van der Waals surface area contributed by atoms with Crippen LogP contribution in [0.25, 0.3) is 10.9 Å². The summed E-state index contributed by atoms with van der Waals surface area (Å²) in [7, 11) is 0. The minimum atomic E-state index is -0.893. The fourth-order valence-electron chi connectivity index (χ4n) is 4.02. The molecule has 3 N–H and O–H groups in total. The average molecular weight is 362 g/mol. The number of carbonyl (C=O) groups excluding carboxylic acids is 2. The van der Waals surface area contributed by atoms with Crippen LogP contribution in [0.2, 0.25) is 5.02 Å². The second kappa shape index (κ2) is 6.04. The second-order valence-electron chi connectivity index (χ2n) is 6.93. The van der Waals surface area contributed by atoms with E-state index in [-0.39, 0.29) is 18.4 Å². The Balaban J connectivity index is 1.63. The normalized spacial score (nSPS) is 26.9. The Hall–Kier alpha value is -2.05. The van der Waals surface area contributed by atoms with E-state index in [9.17, 15) is 14.7 Å². The van der Waals surface area contributed by atoms with E-state index in [2.05, 4.69) is 10.3 Å². The zero-order valence-corrected chi connectivity index (χ0v) is 14.5. The molecule has 2 aliphatic rings. The number of piperidine rings is 2. The number of carbonyl (C=O) groups is 2. The van der Waals surface area contributed by atoms with Crippen molar-refractivity contribution in [3.8, 4) is 0 Å². The van der Waals surface area contributed by atoms with Gasteiger partial charge in [-0.05, 0) is 37.5 Å². The van der Waals surface area contributed by atoms with Gasteiger partial charge < -0.3 is 20.3 Å². The second-order valence-corrected chi connectivity index (χ2v) is 7.34. The van der Waals surface area contributed by atoms with Gasteiger partial charge in [0.05, 0.1) is 11.5 Å². The molecular weight excluding hydrogens is 342 g/mol. The molecule has 4 rings (SSSR count). The predicted molar refractivity (Wildman–Crippen MR) is 94.5 cm³/mol. The van der Waals surface area contributed by atoms with E-state index in [1.165, 1.54) is 0 Å². The standard InChI is InChI=1S/C18H20ClN3O3/c19-12-3-1-4-13-11(12)9-14(21-13)16(24)22-8-5-15(23)18(10-22)6-2-7-20-17(18)25/h1,3-4,9,15,21,23H,2,5-8,10H2,(H,20,25)/t15-,18+/m0/s1. The number of aromatic amines is 1. The van der Waals surface area contributed by atoms with Crippen LogP contribution in [-0.4, -0.2) is 52.5 Å². The molecule has 2 aliphatic heterocycles. The number of hydrogen-bond acceptors (Lipinski definition) is 3. The lowest BCUT2D eigenvalue weighted by molar-refractivity contribution is -0.147. The maximum absolute atomic E-state index is 13.0. The van der Waals surface area contributed by atoms with Gasteiger partial charge in [0.2, 0.25) is 5.91 Å². The molecule has 1 aromatic carbocycles. The van der Waals surface area contributed by atoms with E-state index >= 15 is 0 Å². The lowest BCUT2D eigenvalue weighted by Crippen LogP contribution is -2.62. The van der Waals surface area contributed by atoms with Gasteiger partial charge >= 0.3 is 0 Å². The third-order valence-electron chi connectivity index (χ3n) is 5.45. The summed E-state index contributed by atoms with van der Waals surface area (Å²) in [6, 6.07) is 7.23. The molecule has 2 aromatic rings. The minimum absolute atomic E-state index is 0.150. The zero-order valence-electron chi connectivity index (χ0n) is 13.7. The van der Waals surface area contributed by atoms with Crippen LogP contribution < -0.4 is 5.32 Å². The average Bonchev–Trinajstić information content (AvgIpc) is 3.05. The molecule has 7 heteroatoms. The van der Waals surface area contributed by atoms with Crippen LogP contribution in [0, 0.1) is 5.41 Å². The molecule has 6 nitrogen and oxygen atoms in total. The van der Waals surface area contributed by atoms with Crippen LogP contribution in [0.5, 0.6) is 0 Å². The van der Waals surface area contributed by atoms with Crippen LogP contribution >= 0.6 is 11.6 Å². The van der Waals surface area contributed by atoms with E-state index in [0.717, 1.165) is 17.3 Å². The van der Waals surface area contributed by atoms with Crippen molar-refractivity contribution >= 4 is 34.3 Å². The summed E-state index contributed by atoms with van der Waals surface area (Å²) in [4.78, 5) is 30.2. The fraction of sp³-hybridized carbons (Fsp3) is 0.444. The van der Waals surface area contributed by atoms with Gasteiger partial charge in [-0.1, -0.05) is 17.7 Å². The number of aromatic nitrogens is 1. The Bertz CT molecular complexity index is 849. The molecule has 0 aliphatic carbocycles. The van der Waals surface area contributed by atoms with E-state index in [1.54, 1.807) is 17.0 Å². The van der Waals surface area contributed by atoms with E-state index in [1.807, 2.05) is 12.1 Å². The van der Waals surface area contributed by atoms with Crippen molar-refractivity contribution in [3.05, 3.63) is 35.0 Å². The largest absolute Gasteiger partial charge is 0.392 e. The molecule has 0 unspecified atom stereocenters. The summed E-state index contributed by atoms with van der Waals surface area (Å²) in [6.07, 6.45) is 1.10. The summed E-state index contributed by atoms with van der Waals surface area (Å²) in [6.45, 7) is 1.29. The molecule has 0 saturated carbocycles. The number of nitrogens with one attached hydrogen (secondary N) is 2. The summed E-state index contributed by atoms with van der Waals surface area (Å²) in [5.74, 6) is -0.319. The van der Waals surface area contributed by atoms with Crippen LogP contribution in [-0.2, 0) is 4.79 Å². The molecule has 1 aromatic heterocycles. The molecule has 2 atom stereocenters. The Kier molecular flexibility index (Phi) is 3.96. The van der Waals surface area contributed by atoms with Crippen molar-refractivity contribution in [1.82, 2.24) is 15.2 Å². The minimum Gasteiger partial charge on any atom is -0.392 e. The number of H-pyrrole nitrogens is 1. The van der Waals surface area contributed by atoms with Crippen molar-refractivity contribution in [2.75, 3.05) is 19.6 Å². The molecule has 2 amide bonds. The lowest BCUT2D eigenvalue weighted by atomic mass is 9.71. The number of hydrogen-bond donors (Lipinski definition) is 3. The number of benzene rings is 1. The highest BCUT2D eigenvalue weighted by atomic mass is 35.5. The summed E-state index contributed by atoms with van der Waals surface area (Å²) >= 11 is 6.18. The quantitative estimate of drug-likeness (QED) is 0.725. The molecule has 0 radical (unpaired) electrons. The topological polar surface area (TPSA) is 85.4 Å². The maximum atomic E-state index is 13.0. The highest BCUT2D eigenvalue weighted by Crippen LogP contribution is 2.38. The predicted octanol–water partition coefficient (Wildman–Crippen LogP) is 1.92. The van der Waals surface area contributed by atoms with Crippen molar-refractivity contribution in [3.63, 3.8) is 0 Å². The van der Waals surface area contributed by atoms with Crippen molar-refractivity contribution in [2.45, 2.75) is 25.4 Å². The molecule has 3 heterocycles. The molecule has 2 saturated heterocycles. The van der Waals surface area contributed by atoms with Crippen LogP contribution in [0.4, 0.5) is 0 Å². The Morgan fingerprint density at radius 3 is 3.00 bits per heavy atom. The van der Waals surface area contributed by atoms with Gasteiger partial charge in [-0.25, -0.2) is 0 Å². The van der Waals surface area contributed by atoms with E-state index in [4.69, 9.17) is 11.6 Å². The van der Waals surface area contributed by atoms with Crippen LogP contribution in [0.15, 0.2) is 24.3 Å². The first kappa shape index (κ1) is 16.4. The smallest absolute Gasteiger partial charge is 0.270 e. The van der Waals surface area contributed by atoms with Gasteiger partial charge in [-0.3, -0.25) is 9.59 Å². The van der Waals surface area contributed by atoms with Crippen LogP contribution in [0.3, 0.4) is 0 Å². The lowest BCUT2D eigenvalue weighted by Gasteiger charge is -2.46. The Labute approximate surface area is 150 Å². The number of aliphatic hydroxyl groups is 1. The maximum Gasteiger partial charge on any atom is 0.270 e. The fourth-order valence-corrected chi connectivity index (χ4v) is 4.25. The summed E-state index contributed by atoms with van der Waals surface area (Å²) < 4.78 is 0.